The van der Waals surface area contributed by atoms with Gasteiger partial charge in [-0.15, -0.1) is 0 Å². The van der Waals surface area contributed by atoms with Crippen LogP contribution in [0.2, 0.25) is 0 Å². The second-order valence-electron chi connectivity index (χ2n) is 7.84. The predicted molar refractivity (Wildman–Crippen MR) is 120 cm³/mol. The van der Waals surface area contributed by atoms with E-state index in [1.54, 1.807) is 36.1 Å². The Morgan fingerprint density at radius 1 is 1.00 bits per heavy atom. The first-order chi connectivity index (χ1) is 15.4. The summed E-state index contributed by atoms with van der Waals surface area (Å²) in [5.74, 6) is -0.909. The summed E-state index contributed by atoms with van der Waals surface area (Å²) in [6, 6.07) is 12.0. The number of esters is 1. The van der Waals surface area contributed by atoms with E-state index in [4.69, 9.17) is 4.74 Å². The van der Waals surface area contributed by atoms with Crippen LogP contribution in [0.1, 0.15) is 37.0 Å². The van der Waals surface area contributed by atoms with E-state index in [2.05, 4.69) is 10.6 Å². The third-order valence-electron chi connectivity index (χ3n) is 5.71. The van der Waals surface area contributed by atoms with Crippen molar-refractivity contribution < 1.29 is 23.5 Å². The highest BCUT2D eigenvalue weighted by molar-refractivity contribution is 5.94. The lowest BCUT2D eigenvalue weighted by Gasteiger charge is -2.34. The Morgan fingerprint density at radius 2 is 1.56 bits per heavy atom. The second kappa shape index (κ2) is 10.7. The van der Waals surface area contributed by atoms with E-state index in [1.165, 1.54) is 24.3 Å². The highest BCUT2D eigenvalue weighted by Crippen LogP contribution is 2.26. The van der Waals surface area contributed by atoms with Crippen LogP contribution in [0, 0.1) is 17.7 Å². The van der Waals surface area contributed by atoms with Crippen molar-refractivity contribution in [3.8, 4) is 0 Å². The van der Waals surface area contributed by atoms with Crippen LogP contribution < -0.4 is 10.6 Å². The van der Waals surface area contributed by atoms with Gasteiger partial charge in [0.1, 0.15) is 5.82 Å². The third-order valence-corrected chi connectivity index (χ3v) is 5.71. The number of likely N-dealkylation sites (tertiary alicyclic amines) is 1. The van der Waals surface area contributed by atoms with Crippen LogP contribution in [0.5, 0.6) is 0 Å². The maximum absolute atomic E-state index is 13.0. The molecule has 0 saturated carbocycles. The fourth-order valence-electron chi connectivity index (χ4n) is 3.71. The van der Waals surface area contributed by atoms with E-state index >= 15 is 0 Å². The molecule has 1 atom stereocenters. The average Bonchev–Trinajstić information content (AvgIpc) is 2.80. The van der Waals surface area contributed by atoms with Crippen LogP contribution >= 0.6 is 0 Å². The van der Waals surface area contributed by atoms with Gasteiger partial charge in [-0.2, -0.15) is 0 Å². The van der Waals surface area contributed by atoms with Gasteiger partial charge in [0.15, 0.2) is 0 Å². The van der Waals surface area contributed by atoms with Gasteiger partial charge in [-0.25, -0.2) is 14.0 Å². The highest BCUT2D eigenvalue weighted by Gasteiger charge is 2.30. The Hall–Kier alpha value is -3.42. The molecular formula is C24H28FN3O4. The molecule has 7 nitrogen and oxygen atoms in total. The van der Waals surface area contributed by atoms with Gasteiger partial charge >= 0.3 is 12.0 Å². The topological polar surface area (TPSA) is 87.7 Å². The van der Waals surface area contributed by atoms with Gasteiger partial charge < -0.3 is 20.3 Å². The van der Waals surface area contributed by atoms with Crippen molar-refractivity contribution in [3.63, 3.8) is 0 Å². The summed E-state index contributed by atoms with van der Waals surface area (Å²) in [7, 11) is 0. The molecule has 32 heavy (non-hydrogen) atoms. The molecule has 0 spiro atoms. The molecule has 0 aliphatic carbocycles. The van der Waals surface area contributed by atoms with E-state index in [0.717, 1.165) is 0 Å². The number of benzene rings is 2. The molecule has 1 fully saturated rings. The first kappa shape index (κ1) is 23.2. The fourth-order valence-corrected chi connectivity index (χ4v) is 3.71. The van der Waals surface area contributed by atoms with E-state index < -0.39 is 5.97 Å². The molecule has 0 bridgehead atoms. The zero-order valence-corrected chi connectivity index (χ0v) is 18.3. The van der Waals surface area contributed by atoms with Crippen LogP contribution in [0.3, 0.4) is 0 Å². The molecular weight excluding hydrogens is 413 g/mol. The molecule has 1 aliphatic heterocycles. The molecule has 2 aromatic rings. The number of amides is 3. The highest BCUT2D eigenvalue weighted by atomic mass is 19.1. The van der Waals surface area contributed by atoms with Crippen LogP contribution in [-0.4, -0.2) is 42.5 Å². The van der Waals surface area contributed by atoms with Crippen molar-refractivity contribution in [2.45, 2.75) is 26.7 Å². The smallest absolute Gasteiger partial charge is 0.338 e. The van der Waals surface area contributed by atoms with E-state index in [0.29, 0.717) is 49.5 Å². The van der Waals surface area contributed by atoms with Crippen molar-refractivity contribution in [3.05, 3.63) is 59.9 Å². The monoisotopic (exact) mass is 441 g/mol. The number of halogens is 1. The Bertz CT molecular complexity index is 939. The number of anilines is 2. The van der Waals surface area contributed by atoms with Gasteiger partial charge in [0.05, 0.1) is 12.2 Å². The quantitative estimate of drug-likeness (QED) is 0.645. The molecule has 3 amide bonds. The number of hydrogen-bond donors (Lipinski definition) is 2. The maximum atomic E-state index is 13.0. The van der Waals surface area contributed by atoms with Crippen molar-refractivity contribution in [2.75, 3.05) is 30.3 Å². The predicted octanol–water partition coefficient (Wildman–Crippen LogP) is 4.52. The zero-order valence-electron chi connectivity index (χ0n) is 18.3. The Balaban J connectivity index is 1.47. The summed E-state index contributed by atoms with van der Waals surface area (Å²) in [5.41, 5.74) is 1.59. The molecule has 170 valence electrons. The number of nitrogens with one attached hydrogen (secondary N) is 2. The van der Waals surface area contributed by atoms with Crippen molar-refractivity contribution in [1.82, 2.24) is 4.90 Å². The third kappa shape index (κ3) is 6.06. The standard InChI is InChI=1S/C24H28FN3O4/c1-3-32-23(30)18-4-8-20(9-5-18)26-22(29)16(2)17-12-14-28(15-13-17)24(31)27-21-10-6-19(25)7-11-21/h4-11,16-17H,3,12-15H2,1-2H3,(H,26,29)(H,27,31). The number of nitrogens with zero attached hydrogens (tertiary/aromatic N) is 1. The van der Waals surface area contributed by atoms with Crippen molar-refractivity contribution in [1.29, 1.82) is 0 Å². The Kier molecular flexibility index (Phi) is 7.81. The molecule has 2 N–H and O–H groups in total. The normalized spacial score (nSPS) is 15.0. The molecule has 8 heteroatoms. The van der Waals surface area contributed by atoms with E-state index in [1.807, 2.05) is 6.92 Å². The van der Waals surface area contributed by atoms with Gasteiger partial charge in [-0.3, -0.25) is 4.79 Å². The SMILES string of the molecule is CCOC(=O)c1ccc(NC(=O)C(C)C2CCN(C(=O)Nc3ccc(F)cc3)CC2)cc1. The van der Waals surface area contributed by atoms with Crippen molar-refractivity contribution >= 4 is 29.3 Å². The van der Waals surface area contributed by atoms with Crippen LogP contribution in [0.15, 0.2) is 48.5 Å². The molecule has 0 aromatic heterocycles. The van der Waals surface area contributed by atoms with Gasteiger partial charge in [0.2, 0.25) is 5.91 Å². The van der Waals surface area contributed by atoms with Gasteiger partial charge in [0, 0.05) is 30.4 Å². The lowest BCUT2D eigenvalue weighted by molar-refractivity contribution is -0.121. The minimum Gasteiger partial charge on any atom is -0.462 e. The zero-order chi connectivity index (χ0) is 23.1. The van der Waals surface area contributed by atoms with Crippen LogP contribution in [-0.2, 0) is 9.53 Å². The van der Waals surface area contributed by atoms with Crippen molar-refractivity contribution in [2.24, 2.45) is 11.8 Å². The number of carbonyl (C=O) groups is 3. The summed E-state index contributed by atoms with van der Waals surface area (Å²) in [6.45, 7) is 5.03. The summed E-state index contributed by atoms with van der Waals surface area (Å²) in [6.07, 6.45) is 1.43. The Labute approximate surface area is 186 Å². The lowest BCUT2D eigenvalue weighted by atomic mass is 9.85. The summed E-state index contributed by atoms with van der Waals surface area (Å²) in [4.78, 5) is 38.6. The van der Waals surface area contributed by atoms with E-state index in [9.17, 15) is 18.8 Å². The molecule has 2 aromatic carbocycles. The minimum absolute atomic E-state index is 0.0944. The second-order valence-corrected chi connectivity index (χ2v) is 7.84. The minimum atomic E-state index is -0.394. The summed E-state index contributed by atoms with van der Waals surface area (Å²) < 4.78 is 18.0. The molecule has 1 heterocycles. The average molecular weight is 442 g/mol. The van der Waals surface area contributed by atoms with Gasteiger partial charge in [-0.05, 0) is 74.2 Å². The summed E-state index contributed by atoms with van der Waals surface area (Å²) >= 11 is 0. The largest absolute Gasteiger partial charge is 0.462 e. The number of urea groups is 1. The lowest BCUT2D eigenvalue weighted by Crippen LogP contribution is -2.43. The number of rotatable bonds is 6. The van der Waals surface area contributed by atoms with E-state index in [-0.39, 0.29) is 29.6 Å². The number of ether oxygens (including phenoxy) is 1. The Morgan fingerprint density at radius 3 is 2.16 bits per heavy atom. The summed E-state index contributed by atoms with van der Waals surface area (Å²) in [5, 5.41) is 5.66. The molecule has 3 rings (SSSR count). The van der Waals surface area contributed by atoms with Gasteiger partial charge in [0.25, 0.3) is 0 Å². The number of hydrogen-bond acceptors (Lipinski definition) is 4. The molecule has 1 saturated heterocycles. The van der Waals surface area contributed by atoms with Crippen LogP contribution in [0.25, 0.3) is 0 Å². The fraction of sp³-hybridized carbons (Fsp3) is 0.375. The number of piperidine rings is 1. The molecule has 1 aliphatic rings. The maximum Gasteiger partial charge on any atom is 0.338 e. The molecule has 1 unspecified atom stereocenters. The molecule has 0 radical (unpaired) electrons. The first-order valence-corrected chi connectivity index (χ1v) is 10.8. The van der Waals surface area contributed by atoms with Crippen LogP contribution in [0.4, 0.5) is 20.6 Å². The van der Waals surface area contributed by atoms with Gasteiger partial charge in [-0.1, -0.05) is 6.92 Å². The first-order valence-electron chi connectivity index (χ1n) is 10.8. The number of carbonyl (C=O) groups excluding carboxylic acids is 3.